The third kappa shape index (κ3) is 16.0. The Kier molecular flexibility index (Phi) is 13.4. The van der Waals surface area contributed by atoms with Crippen LogP contribution in [-0.4, -0.2) is 50.9 Å². The zero-order chi connectivity index (χ0) is 17.6. The van der Waals surface area contributed by atoms with Gasteiger partial charge in [-0.1, -0.05) is 64.7 Å². The molecule has 0 heterocycles. The third-order valence-electron chi connectivity index (χ3n) is 4.04. The van der Waals surface area contributed by atoms with Gasteiger partial charge in [-0.25, -0.2) is 8.42 Å². The van der Waals surface area contributed by atoms with Gasteiger partial charge in [0.25, 0.3) is 0 Å². The molecule has 0 aliphatic rings. The Labute approximate surface area is 142 Å². The molecule has 0 rings (SSSR count). The van der Waals surface area contributed by atoms with E-state index in [-0.39, 0.29) is 5.75 Å². The zero-order valence-corrected chi connectivity index (χ0v) is 15.9. The van der Waals surface area contributed by atoms with Gasteiger partial charge in [-0.3, -0.25) is 4.79 Å². The Bertz CT molecular complexity index is 397. The lowest BCUT2D eigenvalue weighted by atomic mass is 10.1. The van der Waals surface area contributed by atoms with Crippen molar-refractivity contribution >= 4 is 15.7 Å². The number of nitrogens with two attached hydrogens (primary N) is 1. The predicted octanol–water partition coefficient (Wildman–Crippen LogP) is 2.74. The number of primary amides is 1. The Morgan fingerprint density at radius 3 is 1.83 bits per heavy atom. The van der Waals surface area contributed by atoms with Crippen molar-refractivity contribution < 1.29 is 13.2 Å². The van der Waals surface area contributed by atoms with Crippen LogP contribution >= 0.6 is 0 Å². The summed E-state index contributed by atoms with van der Waals surface area (Å²) in [4.78, 5) is 12.7. The molecule has 0 aromatic rings. The van der Waals surface area contributed by atoms with Crippen LogP contribution < -0.4 is 5.73 Å². The number of rotatable bonds is 16. The van der Waals surface area contributed by atoms with E-state index in [1.807, 2.05) is 11.9 Å². The van der Waals surface area contributed by atoms with Crippen molar-refractivity contribution in [3.8, 4) is 0 Å². The molecule has 2 N–H and O–H groups in total. The van der Waals surface area contributed by atoms with Gasteiger partial charge in [0.1, 0.15) is 5.75 Å². The summed E-state index contributed by atoms with van der Waals surface area (Å²) in [7, 11) is -1.42. The minimum atomic E-state index is -3.34. The molecule has 138 valence electrons. The van der Waals surface area contributed by atoms with Crippen molar-refractivity contribution in [3.63, 3.8) is 0 Å². The Morgan fingerprint density at radius 1 is 0.870 bits per heavy atom. The first kappa shape index (κ1) is 22.4. The number of amides is 1. The lowest BCUT2D eigenvalue weighted by Gasteiger charge is -2.16. The lowest BCUT2D eigenvalue weighted by Crippen LogP contribution is -2.31. The summed E-state index contributed by atoms with van der Waals surface area (Å²) < 4.78 is 23.1. The van der Waals surface area contributed by atoms with Crippen molar-refractivity contribution in [2.24, 2.45) is 5.73 Å². The van der Waals surface area contributed by atoms with Crippen molar-refractivity contribution in [1.29, 1.82) is 0 Å². The second kappa shape index (κ2) is 13.8. The molecule has 6 heteroatoms. The summed E-state index contributed by atoms with van der Waals surface area (Å²) in [5.74, 6) is -1.31. The van der Waals surface area contributed by atoms with Crippen LogP contribution in [-0.2, 0) is 14.6 Å². The molecule has 0 aromatic carbocycles. The highest BCUT2D eigenvalue weighted by atomic mass is 32.2. The minimum absolute atomic E-state index is 0.00417. The molecule has 0 aliphatic heterocycles. The quantitative estimate of drug-likeness (QED) is 0.435. The molecule has 0 fully saturated rings. The lowest BCUT2D eigenvalue weighted by molar-refractivity contribution is -0.115. The molecule has 0 spiro atoms. The van der Waals surface area contributed by atoms with Crippen LogP contribution in [0.1, 0.15) is 71.1 Å². The first-order valence-corrected chi connectivity index (χ1v) is 10.9. The van der Waals surface area contributed by atoms with Crippen molar-refractivity contribution in [1.82, 2.24) is 4.90 Å². The van der Waals surface area contributed by atoms with Crippen molar-refractivity contribution in [2.45, 2.75) is 71.1 Å². The maximum absolute atomic E-state index is 11.6. The van der Waals surface area contributed by atoms with Crippen LogP contribution in [0.4, 0.5) is 0 Å². The number of sulfone groups is 1. The van der Waals surface area contributed by atoms with E-state index in [0.29, 0.717) is 6.54 Å². The highest BCUT2D eigenvalue weighted by molar-refractivity contribution is 7.92. The van der Waals surface area contributed by atoms with Crippen LogP contribution in [0.3, 0.4) is 0 Å². The largest absolute Gasteiger partial charge is 0.369 e. The number of nitrogens with zero attached hydrogens (tertiary/aromatic N) is 1. The molecular formula is C17H36N2O3S. The van der Waals surface area contributed by atoms with Gasteiger partial charge in [-0.2, -0.15) is 0 Å². The molecule has 23 heavy (non-hydrogen) atoms. The summed E-state index contributed by atoms with van der Waals surface area (Å²) in [6.07, 6.45) is 13.0. The van der Waals surface area contributed by atoms with E-state index in [4.69, 9.17) is 5.73 Å². The second-order valence-corrected chi connectivity index (χ2v) is 8.73. The fourth-order valence-electron chi connectivity index (χ4n) is 2.56. The number of carbonyl (C=O) groups excluding carboxylic acids is 1. The van der Waals surface area contributed by atoms with Gasteiger partial charge in [-0.05, 0) is 20.0 Å². The monoisotopic (exact) mass is 348 g/mol. The average Bonchev–Trinajstić information content (AvgIpc) is 2.46. The fourth-order valence-corrected chi connectivity index (χ4v) is 3.73. The molecule has 0 unspecified atom stereocenters. The number of carbonyl (C=O) groups is 1. The molecule has 0 radical (unpaired) electrons. The van der Waals surface area contributed by atoms with E-state index < -0.39 is 21.5 Å². The van der Waals surface area contributed by atoms with Gasteiger partial charge >= 0.3 is 0 Å². The second-order valence-electron chi connectivity index (χ2n) is 6.54. The van der Waals surface area contributed by atoms with Gasteiger partial charge in [0, 0.05) is 6.54 Å². The van der Waals surface area contributed by atoms with Crippen LogP contribution in [0.15, 0.2) is 0 Å². The number of unbranched alkanes of at least 4 members (excludes halogenated alkanes) is 9. The van der Waals surface area contributed by atoms with Crippen LogP contribution in [0.5, 0.6) is 0 Å². The van der Waals surface area contributed by atoms with E-state index in [0.717, 1.165) is 13.0 Å². The summed E-state index contributed by atoms with van der Waals surface area (Å²) in [5.41, 5.74) is 4.93. The van der Waals surface area contributed by atoms with E-state index in [9.17, 15) is 13.2 Å². The molecular weight excluding hydrogens is 312 g/mol. The van der Waals surface area contributed by atoms with E-state index in [2.05, 4.69) is 6.92 Å². The molecule has 0 bridgehead atoms. The zero-order valence-electron chi connectivity index (χ0n) is 15.1. The number of hydrogen-bond donors (Lipinski definition) is 1. The van der Waals surface area contributed by atoms with E-state index in [1.165, 1.54) is 57.8 Å². The van der Waals surface area contributed by atoms with Crippen molar-refractivity contribution in [2.75, 3.05) is 31.6 Å². The van der Waals surface area contributed by atoms with Gasteiger partial charge in [0.2, 0.25) is 5.91 Å². The SMILES string of the molecule is CCCCCCCCCCCCN(C)CCS(=O)(=O)CC(N)=O. The average molecular weight is 349 g/mol. The third-order valence-corrected chi connectivity index (χ3v) is 5.57. The van der Waals surface area contributed by atoms with Gasteiger partial charge in [-0.15, -0.1) is 0 Å². The molecule has 0 aliphatic carbocycles. The number of hydrogen-bond acceptors (Lipinski definition) is 4. The smallest absolute Gasteiger partial charge is 0.232 e. The van der Waals surface area contributed by atoms with Crippen LogP contribution in [0.25, 0.3) is 0 Å². The van der Waals surface area contributed by atoms with Crippen LogP contribution in [0.2, 0.25) is 0 Å². The van der Waals surface area contributed by atoms with E-state index in [1.54, 1.807) is 0 Å². The standard InChI is InChI=1S/C17H36N2O3S/c1-3-4-5-6-7-8-9-10-11-12-13-19(2)14-15-23(21,22)16-17(18)20/h3-16H2,1-2H3,(H2,18,20). The maximum atomic E-state index is 11.6. The molecule has 0 saturated heterocycles. The van der Waals surface area contributed by atoms with Gasteiger partial charge < -0.3 is 10.6 Å². The topological polar surface area (TPSA) is 80.5 Å². The highest BCUT2D eigenvalue weighted by Gasteiger charge is 2.15. The Balaban J connectivity index is 3.47. The predicted molar refractivity (Wildman–Crippen MR) is 97.2 cm³/mol. The van der Waals surface area contributed by atoms with Crippen molar-refractivity contribution in [3.05, 3.63) is 0 Å². The summed E-state index contributed by atoms with van der Waals surface area (Å²) in [5, 5.41) is 0. The normalized spacial score (nSPS) is 12.0. The summed E-state index contributed by atoms with van der Waals surface area (Å²) in [6.45, 7) is 3.61. The maximum Gasteiger partial charge on any atom is 0.232 e. The molecule has 1 amide bonds. The van der Waals surface area contributed by atoms with Gasteiger partial charge in [0.05, 0.1) is 5.75 Å². The summed E-state index contributed by atoms with van der Waals surface area (Å²) >= 11 is 0. The minimum Gasteiger partial charge on any atom is -0.369 e. The first-order valence-electron chi connectivity index (χ1n) is 9.04. The molecule has 0 atom stereocenters. The van der Waals surface area contributed by atoms with Crippen LogP contribution in [0, 0.1) is 0 Å². The Hall–Kier alpha value is -0.620. The molecule has 5 nitrogen and oxygen atoms in total. The summed E-state index contributed by atoms with van der Waals surface area (Å²) in [6, 6.07) is 0. The Morgan fingerprint density at radius 2 is 1.35 bits per heavy atom. The molecule has 0 saturated carbocycles. The highest BCUT2D eigenvalue weighted by Crippen LogP contribution is 2.10. The fraction of sp³-hybridized carbons (Fsp3) is 0.941. The van der Waals surface area contributed by atoms with E-state index >= 15 is 0 Å². The first-order chi connectivity index (χ1) is 10.9. The molecule has 0 aromatic heterocycles. The van der Waals surface area contributed by atoms with Gasteiger partial charge in [0.15, 0.2) is 9.84 Å².